The Bertz CT molecular complexity index is 2950. The van der Waals surface area contributed by atoms with E-state index in [-0.39, 0.29) is 45.2 Å². The molecule has 13 nitrogen and oxygen atoms in total. The number of carbonyl (C=O) groups is 2. The molecular weight excluding hydrogens is 781 g/mol. The maximum Gasteiger partial charge on any atom is 0.296 e. The van der Waals surface area contributed by atoms with Crippen molar-refractivity contribution in [1.82, 2.24) is 0 Å². The molecule has 2 aliphatic rings. The number of aryl methyl sites for hydroxylation is 4. The predicted molar refractivity (Wildman–Crippen MR) is 226 cm³/mol. The number of rotatable bonds is 10. The van der Waals surface area contributed by atoms with Crippen molar-refractivity contribution < 1.29 is 39.9 Å². The van der Waals surface area contributed by atoms with Gasteiger partial charge in [0.2, 0.25) is 11.8 Å². The van der Waals surface area contributed by atoms with Crippen molar-refractivity contribution in [2.45, 2.75) is 78.0 Å². The number of benzene rings is 5. The van der Waals surface area contributed by atoms with Crippen LogP contribution < -0.4 is 21.3 Å². The second-order valence-corrected chi connectivity index (χ2v) is 17.2. The molecule has 1 aliphatic heterocycles. The van der Waals surface area contributed by atoms with Gasteiger partial charge in [-0.25, -0.2) is 4.99 Å². The normalized spacial score (nSPS) is 12.3. The van der Waals surface area contributed by atoms with Crippen molar-refractivity contribution in [1.29, 1.82) is 0 Å². The third-order valence-corrected chi connectivity index (χ3v) is 11.8. The summed E-state index contributed by atoms with van der Waals surface area (Å²) in [6, 6.07) is 17.1. The van der Waals surface area contributed by atoms with Gasteiger partial charge in [0.15, 0.2) is 0 Å². The van der Waals surface area contributed by atoms with E-state index in [0.717, 1.165) is 27.9 Å². The second kappa shape index (κ2) is 15.8. The molecule has 0 bridgehead atoms. The lowest BCUT2D eigenvalue weighted by atomic mass is 9.93. The van der Waals surface area contributed by atoms with Gasteiger partial charge in [0.05, 0.1) is 11.0 Å². The third kappa shape index (κ3) is 8.25. The Hall–Kier alpha value is -5.87. The SMILES string of the molecule is CCCC(=O)Nc1c(C)cc(C)c(/N=c2/cc3oc4cc(Nc5c(C)cc(C)c(NC(C)=O)c5C)ccc4c(-c4ccccc4S(=O)(=O)O)c-3cc2S(=O)(=O)O)c1C. The third-order valence-electron chi connectivity index (χ3n) is 9.96. The van der Waals surface area contributed by atoms with E-state index in [1.807, 2.05) is 46.8 Å². The van der Waals surface area contributed by atoms with Gasteiger partial charge in [-0.05, 0) is 106 Å². The van der Waals surface area contributed by atoms with Crippen LogP contribution in [0.25, 0.3) is 33.4 Å². The van der Waals surface area contributed by atoms with Gasteiger partial charge in [-0.2, -0.15) is 16.8 Å². The molecule has 0 aromatic heterocycles. The predicted octanol–water partition coefficient (Wildman–Crippen LogP) is 9.22. The van der Waals surface area contributed by atoms with E-state index in [1.54, 1.807) is 38.1 Å². The van der Waals surface area contributed by atoms with Gasteiger partial charge in [0.1, 0.15) is 21.1 Å². The zero-order valence-electron chi connectivity index (χ0n) is 33.3. The van der Waals surface area contributed by atoms with Crippen LogP contribution in [-0.4, -0.2) is 37.8 Å². The van der Waals surface area contributed by atoms with Crippen LogP contribution in [0.2, 0.25) is 0 Å². The average Bonchev–Trinajstić information content (AvgIpc) is 3.13. The first-order chi connectivity index (χ1) is 27.2. The molecule has 0 saturated carbocycles. The van der Waals surface area contributed by atoms with Gasteiger partial charge in [-0.15, -0.1) is 0 Å². The van der Waals surface area contributed by atoms with Crippen LogP contribution in [0, 0.1) is 41.5 Å². The number of hydrogen-bond acceptors (Lipinski definition) is 9. The van der Waals surface area contributed by atoms with Crippen LogP contribution in [-0.2, 0) is 29.8 Å². The lowest BCUT2D eigenvalue weighted by Gasteiger charge is -2.20. The fraction of sp³-hybridized carbons (Fsp3) is 0.233. The molecule has 15 heteroatoms. The molecule has 2 amide bonds. The van der Waals surface area contributed by atoms with E-state index in [2.05, 4.69) is 16.0 Å². The molecule has 0 saturated heterocycles. The molecule has 0 radical (unpaired) electrons. The number of fused-ring (bicyclic) bond motifs is 2. The van der Waals surface area contributed by atoms with Crippen molar-refractivity contribution in [3.8, 4) is 22.5 Å². The number of nitrogens with one attached hydrogen (secondary N) is 3. The lowest BCUT2D eigenvalue weighted by Crippen LogP contribution is -2.17. The minimum atomic E-state index is -4.98. The molecule has 0 atom stereocenters. The maximum absolute atomic E-state index is 13.2. The summed E-state index contributed by atoms with van der Waals surface area (Å²) >= 11 is 0. The van der Waals surface area contributed by atoms with Crippen LogP contribution in [0.1, 0.15) is 60.1 Å². The first kappa shape index (κ1) is 41.8. The van der Waals surface area contributed by atoms with Crippen molar-refractivity contribution in [2.75, 3.05) is 16.0 Å². The zero-order chi connectivity index (χ0) is 42.4. The molecule has 0 fully saturated rings. The lowest BCUT2D eigenvalue weighted by molar-refractivity contribution is -0.116. The molecule has 4 aromatic rings. The Labute approximate surface area is 337 Å². The monoisotopic (exact) mass is 824 g/mol. The van der Waals surface area contributed by atoms with E-state index >= 15 is 0 Å². The van der Waals surface area contributed by atoms with Crippen LogP contribution in [0.15, 0.2) is 85.9 Å². The highest BCUT2D eigenvalue weighted by Crippen LogP contribution is 2.44. The Balaban J connectivity index is 1.68. The highest BCUT2D eigenvalue weighted by Gasteiger charge is 2.27. The van der Waals surface area contributed by atoms with Gasteiger partial charge in [-0.3, -0.25) is 18.7 Å². The quantitative estimate of drug-likeness (QED) is 0.0654. The van der Waals surface area contributed by atoms with Gasteiger partial charge in [0, 0.05) is 70.3 Å². The fourth-order valence-corrected chi connectivity index (χ4v) is 8.78. The number of anilines is 4. The standard InChI is InChI=1S/C43H44N4O9S2/c1-9-12-38(49)47-43-25(5)18-24(4)42(27(43)7)46-33-21-35-32(20-37(33)58(53,54)55)39(31-13-10-11-14-36(31)57(50,51)52)30-16-15-29(19-34(30)56-35)45-41-23(3)17-22(2)40(26(41)6)44-28(8)48/h10-11,13-21,45H,9,12H2,1-8H3,(H,44,48)(H,47,49)(H,50,51,52)(H,53,54,55)/b46-33-. The molecule has 1 aliphatic carbocycles. The summed E-state index contributed by atoms with van der Waals surface area (Å²) < 4.78 is 79.3. The second-order valence-electron chi connectivity index (χ2n) is 14.4. The zero-order valence-corrected chi connectivity index (χ0v) is 34.9. The first-order valence-electron chi connectivity index (χ1n) is 18.4. The van der Waals surface area contributed by atoms with E-state index in [1.165, 1.54) is 37.3 Å². The Morgan fingerprint density at radius 3 is 1.97 bits per heavy atom. The summed E-state index contributed by atoms with van der Waals surface area (Å²) in [5.74, 6) is -0.332. The average molecular weight is 825 g/mol. The maximum atomic E-state index is 13.2. The van der Waals surface area contributed by atoms with Crippen LogP contribution in [0.4, 0.5) is 28.4 Å². The number of amides is 2. The molecule has 0 spiro atoms. The van der Waals surface area contributed by atoms with E-state index in [0.29, 0.717) is 52.1 Å². The Morgan fingerprint density at radius 1 is 0.707 bits per heavy atom. The molecule has 6 rings (SSSR count). The summed E-state index contributed by atoms with van der Waals surface area (Å²) in [7, 11) is -9.78. The summed E-state index contributed by atoms with van der Waals surface area (Å²) in [5, 5.41) is 9.43. The summed E-state index contributed by atoms with van der Waals surface area (Å²) in [4.78, 5) is 28.4. The van der Waals surface area contributed by atoms with Crippen molar-refractivity contribution in [3.05, 3.63) is 105 Å². The molecule has 302 valence electrons. The Morgan fingerprint density at radius 2 is 1.33 bits per heavy atom. The van der Waals surface area contributed by atoms with Crippen molar-refractivity contribution >= 4 is 71.5 Å². The minimum absolute atomic E-state index is 0.0466. The number of carbonyl (C=O) groups excluding carboxylic acids is 2. The smallest absolute Gasteiger partial charge is 0.296 e. The first-order valence-corrected chi connectivity index (χ1v) is 21.3. The highest BCUT2D eigenvalue weighted by molar-refractivity contribution is 7.86. The van der Waals surface area contributed by atoms with Crippen LogP contribution >= 0.6 is 0 Å². The number of nitrogens with zero attached hydrogens (tertiary/aromatic N) is 1. The molecular formula is C43H44N4O9S2. The Kier molecular flexibility index (Phi) is 11.4. The van der Waals surface area contributed by atoms with Crippen molar-refractivity contribution in [3.63, 3.8) is 0 Å². The fourth-order valence-electron chi connectivity index (χ4n) is 7.45. The summed E-state index contributed by atoms with van der Waals surface area (Å²) in [5.41, 5.74) is 8.05. The topological polar surface area (TPSA) is 204 Å². The van der Waals surface area contributed by atoms with Crippen LogP contribution in [0.3, 0.4) is 0 Å². The molecule has 1 heterocycles. The van der Waals surface area contributed by atoms with E-state index in [9.17, 15) is 35.5 Å². The van der Waals surface area contributed by atoms with Gasteiger partial charge >= 0.3 is 0 Å². The molecule has 4 aromatic carbocycles. The van der Waals surface area contributed by atoms with Crippen LogP contribution in [0.5, 0.6) is 0 Å². The minimum Gasteiger partial charge on any atom is -0.456 e. The number of hydrogen-bond donors (Lipinski definition) is 5. The van der Waals surface area contributed by atoms with E-state index < -0.39 is 30.0 Å². The summed E-state index contributed by atoms with van der Waals surface area (Å²) in [6.45, 7) is 14.4. The van der Waals surface area contributed by atoms with Gasteiger partial charge in [0.25, 0.3) is 20.2 Å². The van der Waals surface area contributed by atoms with Gasteiger partial charge in [-0.1, -0.05) is 37.3 Å². The van der Waals surface area contributed by atoms with Gasteiger partial charge < -0.3 is 20.4 Å². The van der Waals surface area contributed by atoms with E-state index in [4.69, 9.17) is 9.41 Å². The molecule has 5 N–H and O–H groups in total. The van der Waals surface area contributed by atoms with Crippen molar-refractivity contribution in [2.24, 2.45) is 4.99 Å². The molecule has 58 heavy (non-hydrogen) atoms. The largest absolute Gasteiger partial charge is 0.456 e. The summed E-state index contributed by atoms with van der Waals surface area (Å²) in [6.07, 6.45) is 0.938. The molecule has 0 unspecified atom stereocenters. The highest BCUT2D eigenvalue weighted by atomic mass is 32.2.